The molecule has 21 rings (SSSR count). The first kappa shape index (κ1) is 95.2. The molecule has 18 atom stereocenters. The highest BCUT2D eigenvalue weighted by Crippen LogP contribution is 2.54. The van der Waals surface area contributed by atoms with Crippen molar-refractivity contribution in [2.24, 2.45) is 114 Å². The number of nitrogens with one attached hydrogen (secondary N) is 12. The Labute approximate surface area is 775 Å². The highest BCUT2D eigenvalue weighted by molar-refractivity contribution is 5.89. The van der Waals surface area contributed by atoms with Crippen LogP contribution in [0.3, 0.4) is 0 Å². The molecule has 12 fully saturated rings. The molecule has 0 spiro atoms. The van der Waals surface area contributed by atoms with Crippen LogP contribution in [0.4, 0.5) is 13.2 Å². The van der Waals surface area contributed by atoms with Gasteiger partial charge in [0.25, 0.3) is 0 Å². The van der Waals surface area contributed by atoms with Gasteiger partial charge in [0.05, 0.1) is 67.4 Å². The molecule has 12 aliphatic rings. The molecule has 12 N–H and O–H groups in total. The van der Waals surface area contributed by atoms with Gasteiger partial charge in [0, 0.05) is 96.2 Å². The van der Waals surface area contributed by atoms with Gasteiger partial charge in [-0.15, -0.1) is 0 Å². The Kier molecular flexibility index (Phi) is 27.2. The first-order valence-corrected chi connectivity index (χ1v) is 46.9. The average molecular weight is 1830 g/mol. The second-order valence-electron chi connectivity index (χ2n) is 41.9. The van der Waals surface area contributed by atoms with Gasteiger partial charge in [-0.25, -0.2) is 4.98 Å². The van der Waals surface area contributed by atoms with E-state index in [9.17, 15) is 41.9 Å². The monoisotopic (exact) mass is 1830 g/mol. The number of pyridine rings is 5. The lowest BCUT2D eigenvalue weighted by Crippen LogP contribution is -2.49. The van der Waals surface area contributed by atoms with E-state index in [0.29, 0.717) is 90.1 Å². The van der Waals surface area contributed by atoms with Crippen LogP contribution in [0.25, 0.3) is 32.8 Å². The maximum Gasteiger partial charge on any atom is 0.421 e. The SMILES string of the molecule is CC(C)(COc1ccncc1C(F)(F)F)NC(=O)C1[C@H]2CNC[C@@H]12.CC(C)(NC(=O)C1[C@H]2CNC[C@@H]12)c1ccc2ccccc2n1.Cc1cc(C(C)(C)NC(=O)C2[C@H]3CNC[C@@H]23)c2ccccc2n1.Cc1ccncc1OCC(C)(C)NC(=O)C1[C@H]2CNC[C@@H]12.Cc1nccnc1OCC(C)(C)NC(=O)C1[C@H]2CNC[C@@H]12.Cn1nc(C(C)(C)NC(=O)C2[C@H]3CNC[C@@H]23)c2ncccc21. The molecule has 30 nitrogen and oxygen atoms in total. The second-order valence-corrected chi connectivity index (χ2v) is 41.9. The standard InChI is InChI=1S/C19H23N3O.C18H21N3O.C16H20F3N3O2.C16H21N5O.C16H23N3O2.C15H22N4O2/c1-11-8-15(12-6-4-5-7-16(12)21-11)19(2,3)22-18(23)17-13-9-20-10-14(13)17;1-18(2,21-17(22)16-12-9-19-10-13(12)16)15-8-7-11-5-3-4-6-14(11)20-15;1-15(2,22-14(23)13-9-5-21-6-10(9)13)8-24-12-3-4-20-7-11(12)16(17,18)19;1-16(2,19-15(22)12-9-7-17-8-10(9)12)14-13-11(21(3)20-14)5-4-6-18-13;1-10-4-5-17-8-13(10)21-9-16(2,3)19-15(20)14-11-6-18-7-12(11)14;1-9-14(18-5-4-17-9)21-8-15(2,3)19-13(20)12-10-6-16-7-11(10)12/h4-8,13-14,17,20H,9-10H2,1-3H3,(H,22,23);3-8,12-13,16,19H,9-10H2,1-2H3,(H,21,22);3-4,7,9-10,13,21H,5-6,8H2,1-2H3,(H,22,23);4-6,9-10,12,17H,7-8H2,1-3H3,(H,19,22);4-5,8,11-12,14,18H,6-7,9H2,1-3H3,(H,19,20);4-5,10-12,16H,6-8H2,1-3H3,(H,19,20)/t13-,14+,17?;12-,13+,16?;9-,10+,13?;9-,10+,12?;11-,12+,14?;10-,11+,12?. The normalized spacial score (nSPS) is 26.6. The van der Waals surface area contributed by atoms with Crippen molar-refractivity contribution in [3.8, 4) is 17.4 Å². The number of amides is 6. The van der Waals surface area contributed by atoms with Gasteiger partial charge in [-0.1, -0.05) is 42.5 Å². The van der Waals surface area contributed by atoms with E-state index in [0.717, 1.165) is 157 Å². The van der Waals surface area contributed by atoms with Gasteiger partial charge >= 0.3 is 6.18 Å². The predicted octanol–water partition coefficient (Wildman–Crippen LogP) is 8.69. The number of hydrogen-bond donors (Lipinski definition) is 12. The Morgan fingerprint density at radius 3 is 1.29 bits per heavy atom. The molecule has 2 aromatic carbocycles. The van der Waals surface area contributed by atoms with E-state index in [1.54, 1.807) is 44.8 Å². The molecular weight excluding hydrogens is 1700 g/mol. The van der Waals surface area contributed by atoms with Crippen LogP contribution >= 0.6 is 0 Å². The van der Waals surface area contributed by atoms with E-state index in [4.69, 9.17) is 19.2 Å². The lowest BCUT2D eigenvalue weighted by atomic mass is 9.90. The minimum absolute atomic E-state index is 0.0113. The Bertz CT molecular complexity index is 5630. The van der Waals surface area contributed by atoms with Crippen LogP contribution in [0.15, 0.2) is 134 Å². The fourth-order valence-corrected chi connectivity index (χ4v) is 20.9. The molecule has 6 unspecified atom stereocenters. The molecule has 6 aliphatic heterocycles. The molecule has 0 radical (unpaired) electrons. The molecule has 133 heavy (non-hydrogen) atoms. The summed E-state index contributed by atoms with van der Waals surface area (Å²) in [5.74, 6) is 8.90. The number of para-hydroxylation sites is 2. The third-order valence-electron chi connectivity index (χ3n) is 28.7. The summed E-state index contributed by atoms with van der Waals surface area (Å²) in [5.41, 5.74) is 5.54. The van der Waals surface area contributed by atoms with Gasteiger partial charge in [-0.2, -0.15) is 18.3 Å². The molecule has 7 aromatic heterocycles. The summed E-state index contributed by atoms with van der Waals surface area (Å²) < 4.78 is 57.4. The zero-order chi connectivity index (χ0) is 94.6. The average Bonchev–Trinajstić information content (AvgIpc) is 1.62. The fraction of sp³-hybridized carbons (Fsp3) is 0.560. The van der Waals surface area contributed by atoms with Crippen LogP contribution < -0.4 is 78.0 Å². The summed E-state index contributed by atoms with van der Waals surface area (Å²) in [6, 6.07) is 29.4. The van der Waals surface area contributed by atoms with Gasteiger partial charge in [0.15, 0.2) is 0 Å². The highest BCUT2D eigenvalue weighted by atomic mass is 19.4. The van der Waals surface area contributed by atoms with E-state index >= 15 is 0 Å². The van der Waals surface area contributed by atoms with Gasteiger partial charge in [0.2, 0.25) is 41.3 Å². The summed E-state index contributed by atoms with van der Waals surface area (Å²) in [6.07, 6.45) is 5.91. The molecule has 710 valence electrons. The minimum Gasteiger partial charge on any atom is -0.490 e. The van der Waals surface area contributed by atoms with E-state index in [1.807, 2.05) is 149 Å². The minimum atomic E-state index is -4.53. The fourth-order valence-electron chi connectivity index (χ4n) is 20.9. The van der Waals surface area contributed by atoms with E-state index in [-0.39, 0.29) is 88.8 Å². The topological polar surface area (TPSA) is 383 Å². The number of carbonyl (C=O) groups is 6. The summed E-state index contributed by atoms with van der Waals surface area (Å²) in [7, 11) is 1.91. The van der Waals surface area contributed by atoms with Crippen molar-refractivity contribution in [1.82, 2.24) is 108 Å². The van der Waals surface area contributed by atoms with Crippen molar-refractivity contribution in [2.45, 2.75) is 143 Å². The first-order chi connectivity index (χ1) is 63.2. The molecule has 13 heterocycles. The van der Waals surface area contributed by atoms with Crippen LogP contribution in [0.2, 0.25) is 0 Å². The number of rotatable bonds is 24. The van der Waals surface area contributed by atoms with Crippen LogP contribution in [0.5, 0.6) is 17.4 Å². The zero-order valence-electron chi connectivity index (χ0n) is 79.0. The molecule has 6 saturated heterocycles. The Morgan fingerprint density at radius 1 is 0.406 bits per heavy atom. The first-order valence-electron chi connectivity index (χ1n) is 46.9. The summed E-state index contributed by atoms with van der Waals surface area (Å²) in [6.45, 7) is 41.7. The number of halogens is 3. The van der Waals surface area contributed by atoms with Gasteiger partial charge < -0.3 is 78.0 Å². The largest absolute Gasteiger partial charge is 0.490 e. The van der Waals surface area contributed by atoms with E-state index in [1.165, 1.54) is 12.3 Å². The number of ether oxygens (including phenoxy) is 3. The molecule has 33 heteroatoms. The van der Waals surface area contributed by atoms with Crippen molar-refractivity contribution >= 4 is 68.3 Å². The Morgan fingerprint density at radius 2 is 0.820 bits per heavy atom. The van der Waals surface area contributed by atoms with E-state index < -0.39 is 39.4 Å². The van der Waals surface area contributed by atoms with E-state index in [2.05, 4.69) is 137 Å². The van der Waals surface area contributed by atoms with Crippen LogP contribution in [0, 0.1) is 127 Å². The van der Waals surface area contributed by atoms with Gasteiger partial charge in [-0.3, -0.25) is 63.4 Å². The predicted molar refractivity (Wildman–Crippen MR) is 498 cm³/mol. The second kappa shape index (κ2) is 38.1. The summed E-state index contributed by atoms with van der Waals surface area (Å²) in [5, 5.41) is 45.4. The number of piperidine rings is 6. The number of nitrogens with zero attached hydrogens (tertiary/aromatic N) is 9. The smallest absolute Gasteiger partial charge is 0.421 e. The molecule has 9 aromatic rings. The number of aryl methyl sites for hydroxylation is 4. The third kappa shape index (κ3) is 21.9. The van der Waals surface area contributed by atoms with Crippen molar-refractivity contribution < 1.29 is 56.1 Å². The van der Waals surface area contributed by atoms with Crippen molar-refractivity contribution in [3.63, 3.8) is 0 Å². The molecule has 0 bridgehead atoms. The number of carbonyl (C=O) groups excluding carboxylic acids is 6. The molecule has 6 amide bonds. The quantitative estimate of drug-likeness (QED) is 0.0269. The van der Waals surface area contributed by atoms with Crippen molar-refractivity contribution in [1.29, 1.82) is 0 Å². The maximum absolute atomic E-state index is 12.9. The van der Waals surface area contributed by atoms with Crippen molar-refractivity contribution in [3.05, 3.63) is 174 Å². The number of benzene rings is 2. The maximum atomic E-state index is 12.9. The van der Waals surface area contributed by atoms with Gasteiger partial charge in [0.1, 0.15) is 48.1 Å². The van der Waals surface area contributed by atoms with Crippen LogP contribution in [0.1, 0.15) is 123 Å². The van der Waals surface area contributed by atoms with Gasteiger partial charge in [-0.05, 0) is 313 Å². The highest BCUT2D eigenvalue weighted by Gasteiger charge is 2.62. The molecular formula is C100H130F3N21O9. The lowest BCUT2D eigenvalue weighted by molar-refractivity contribution is -0.139. The number of aromatic nitrogens is 9. The molecule has 6 saturated carbocycles. The Hall–Kier alpha value is -11.0. The zero-order valence-corrected chi connectivity index (χ0v) is 79.0. The van der Waals surface area contributed by atoms with Crippen LogP contribution in [-0.2, 0) is 58.6 Å². The van der Waals surface area contributed by atoms with Crippen LogP contribution in [-0.4, -0.2) is 195 Å². The summed E-state index contributed by atoms with van der Waals surface area (Å²) >= 11 is 0. The third-order valence-corrected chi connectivity index (χ3v) is 28.7. The Balaban J connectivity index is 0.000000116. The number of fused-ring (bicyclic) bond motifs is 9. The summed E-state index contributed by atoms with van der Waals surface area (Å²) in [4.78, 5) is 104. The molecule has 6 aliphatic carbocycles. The number of alkyl halides is 3. The number of hydrogen-bond acceptors (Lipinski definition) is 23. The lowest BCUT2D eigenvalue weighted by Gasteiger charge is -2.29. The van der Waals surface area contributed by atoms with Crippen molar-refractivity contribution in [2.75, 3.05) is 98.4 Å².